The topological polar surface area (TPSA) is 76.1 Å². The van der Waals surface area contributed by atoms with Crippen molar-refractivity contribution in [2.75, 3.05) is 26.8 Å². The van der Waals surface area contributed by atoms with Crippen molar-refractivity contribution in [1.82, 2.24) is 4.90 Å². The van der Waals surface area contributed by atoms with Crippen LogP contribution in [0.2, 0.25) is 0 Å². The van der Waals surface area contributed by atoms with E-state index in [0.29, 0.717) is 36.1 Å². The van der Waals surface area contributed by atoms with Crippen LogP contribution in [-0.4, -0.2) is 48.7 Å². The highest BCUT2D eigenvalue weighted by Gasteiger charge is 2.17. The quantitative estimate of drug-likeness (QED) is 0.710. The van der Waals surface area contributed by atoms with Gasteiger partial charge >= 0.3 is 5.97 Å². The predicted octanol–water partition coefficient (Wildman–Crippen LogP) is 3.06. The molecule has 24 heavy (non-hydrogen) atoms. The van der Waals surface area contributed by atoms with Crippen LogP contribution < -0.4 is 9.47 Å². The normalized spacial score (nSPS) is 10.5. The van der Waals surface area contributed by atoms with Gasteiger partial charge in [-0.05, 0) is 37.5 Å². The Labute approximate surface area is 143 Å². The van der Waals surface area contributed by atoms with Crippen molar-refractivity contribution in [1.29, 1.82) is 0 Å². The van der Waals surface area contributed by atoms with E-state index in [0.717, 1.165) is 6.42 Å². The second-order valence-corrected chi connectivity index (χ2v) is 5.93. The summed E-state index contributed by atoms with van der Waals surface area (Å²) in [6.45, 7) is 7.28. The number of ether oxygens (including phenoxy) is 2. The zero-order valence-corrected chi connectivity index (χ0v) is 14.9. The van der Waals surface area contributed by atoms with Crippen LogP contribution in [0.15, 0.2) is 18.2 Å². The van der Waals surface area contributed by atoms with Crippen LogP contribution in [0.25, 0.3) is 0 Å². The third-order valence-corrected chi connectivity index (χ3v) is 3.63. The number of aliphatic carboxylic acids is 1. The van der Waals surface area contributed by atoms with Gasteiger partial charge in [0.15, 0.2) is 11.5 Å². The maximum Gasteiger partial charge on any atom is 0.305 e. The summed E-state index contributed by atoms with van der Waals surface area (Å²) in [4.78, 5) is 24.7. The van der Waals surface area contributed by atoms with E-state index in [-0.39, 0.29) is 18.9 Å². The van der Waals surface area contributed by atoms with Crippen LogP contribution in [0.5, 0.6) is 11.5 Å². The lowest BCUT2D eigenvalue weighted by atomic mass is 10.1. The second kappa shape index (κ2) is 9.80. The van der Waals surface area contributed by atoms with Crippen molar-refractivity contribution in [3.05, 3.63) is 23.8 Å². The molecule has 0 saturated carbocycles. The molecule has 0 aliphatic carbocycles. The van der Waals surface area contributed by atoms with Gasteiger partial charge in [-0.1, -0.05) is 13.8 Å². The number of carboxylic acids is 1. The number of carbonyl (C=O) groups is 2. The molecule has 0 atom stereocenters. The Hall–Kier alpha value is -2.24. The molecule has 0 spiro atoms. The molecule has 6 nitrogen and oxygen atoms in total. The van der Waals surface area contributed by atoms with Gasteiger partial charge in [0.25, 0.3) is 5.91 Å². The van der Waals surface area contributed by atoms with Gasteiger partial charge in [-0.2, -0.15) is 0 Å². The lowest BCUT2D eigenvalue weighted by Crippen LogP contribution is -2.32. The highest BCUT2D eigenvalue weighted by molar-refractivity contribution is 5.95. The number of nitrogens with zero attached hydrogens (tertiary/aromatic N) is 1. The van der Waals surface area contributed by atoms with E-state index < -0.39 is 5.97 Å². The van der Waals surface area contributed by atoms with Gasteiger partial charge in [0.2, 0.25) is 0 Å². The summed E-state index contributed by atoms with van der Waals surface area (Å²) in [5.74, 6) is 0.505. The minimum atomic E-state index is -0.923. The zero-order valence-electron chi connectivity index (χ0n) is 14.9. The molecule has 0 bridgehead atoms. The molecule has 0 heterocycles. The smallest absolute Gasteiger partial charge is 0.305 e. The monoisotopic (exact) mass is 337 g/mol. The molecule has 6 heteroatoms. The van der Waals surface area contributed by atoms with Crippen molar-refractivity contribution in [2.24, 2.45) is 5.92 Å². The van der Waals surface area contributed by atoms with E-state index >= 15 is 0 Å². The van der Waals surface area contributed by atoms with Gasteiger partial charge in [0, 0.05) is 18.7 Å². The number of rotatable bonds is 10. The van der Waals surface area contributed by atoms with Gasteiger partial charge in [-0.3, -0.25) is 9.59 Å². The van der Waals surface area contributed by atoms with Crippen LogP contribution >= 0.6 is 0 Å². The molecule has 1 rings (SSSR count). The third kappa shape index (κ3) is 6.10. The number of amides is 1. The summed E-state index contributed by atoms with van der Waals surface area (Å²) >= 11 is 0. The maximum absolute atomic E-state index is 12.5. The second-order valence-electron chi connectivity index (χ2n) is 5.93. The standard InChI is InChI=1S/C18H27NO5/c1-5-19(10-8-17(20)21)18(22)14-6-7-15(16(12-14)23-4)24-11-9-13(2)3/h6-7,12-13H,5,8-11H2,1-4H3,(H,20,21). The molecule has 134 valence electrons. The minimum absolute atomic E-state index is 0.0763. The van der Waals surface area contributed by atoms with Gasteiger partial charge in [-0.15, -0.1) is 0 Å². The highest BCUT2D eigenvalue weighted by Crippen LogP contribution is 2.29. The number of hydrogen-bond acceptors (Lipinski definition) is 4. The maximum atomic E-state index is 12.5. The van der Waals surface area contributed by atoms with E-state index in [1.165, 1.54) is 12.0 Å². The van der Waals surface area contributed by atoms with Gasteiger partial charge < -0.3 is 19.5 Å². The van der Waals surface area contributed by atoms with Crippen molar-refractivity contribution in [3.63, 3.8) is 0 Å². The van der Waals surface area contributed by atoms with E-state index in [9.17, 15) is 9.59 Å². The van der Waals surface area contributed by atoms with E-state index in [1.54, 1.807) is 18.2 Å². The SMILES string of the molecule is CCN(CCC(=O)O)C(=O)c1ccc(OCCC(C)C)c(OC)c1. The molecule has 0 fully saturated rings. The number of methoxy groups -OCH3 is 1. The molecule has 1 N–H and O–H groups in total. The lowest BCUT2D eigenvalue weighted by Gasteiger charge is -2.21. The molecule has 0 aromatic heterocycles. The number of carbonyl (C=O) groups excluding carboxylic acids is 1. The average Bonchev–Trinajstić information content (AvgIpc) is 2.54. The molecule has 1 aromatic rings. The number of hydrogen-bond donors (Lipinski definition) is 1. The minimum Gasteiger partial charge on any atom is -0.493 e. The van der Waals surface area contributed by atoms with E-state index in [2.05, 4.69) is 13.8 Å². The van der Waals surface area contributed by atoms with Gasteiger partial charge in [0.05, 0.1) is 20.1 Å². The largest absolute Gasteiger partial charge is 0.493 e. The van der Waals surface area contributed by atoms with E-state index in [4.69, 9.17) is 14.6 Å². The number of carboxylic acid groups (broad SMARTS) is 1. The fourth-order valence-electron chi connectivity index (χ4n) is 2.14. The molecular formula is C18H27NO5. The summed E-state index contributed by atoms with van der Waals surface area (Å²) in [5, 5.41) is 8.78. The summed E-state index contributed by atoms with van der Waals surface area (Å²) in [7, 11) is 1.53. The first kappa shape index (κ1) is 19.8. The Morgan fingerprint density at radius 2 is 1.96 bits per heavy atom. The Balaban J connectivity index is 2.84. The number of benzene rings is 1. The fraction of sp³-hybridized carbons (Fsp3) is 0.556. The molecule has 0 radical (unpaired) electrons. The molecule has 0 aliphatic rings. The van der Waals surface area contributed by atoms with Crippen LogP contribution in [0, 0.1) is 5.92 Å². The summed E-state index contributed by atoms with van der Waals surface area (Å²) in [6.07, 6.45) is 0.857. The molecule has 0 unspecified atom stereocenters. The Bertz CT molecular complexity index is 556. The highest BCUT2D eigenvalue weighted by atomic mass is 16.5. The predicted molar refractivity (Wildman–Crippen MR) is 91.8 cm³/mol. The Morgan fingerprint density at radius 3 is 2.50 bits per heavy atom. The summed E-state index contributed by atoms with van der Waals surface area (Å²) in [6, 6.07) is 5.03. The summed E-state index contributed by atoms with van der Waals surface area (Å²) < 4.78 is 11.0. The van der Waals surface area contributed by atoms with E-state index in [1.807, 2.05) is 6.92 Å². The van der Waals surface area contributed by atoms with Crippen molar-refractivity contribution in [3.8, 4) is 11.5 Å². The fourth-order valence-corrected chi connectivity index (χ4v) is 2.14. The zero-order chi connectivity index (χ0) is 18.1. The molecular weight excluding hydrogens is 310 g/mol. The summed E-state index contributed by atoms with van der Waals surface area (Å²) in [5.41, 5.74) is 0.454. The van der Waals surface area contributed by atoms with Crippen LogP contribution in [0.3, 0.4) is 0 Å². The van der Waals surface area contributed by atoms with Crippen molar-refractivity contribution >= 4 is 11.9 Å². The third-order valence-electron chi connectivity index (χ3n) is 3.63. The van der Waals surface area contributed by atoms with Crippen molar-refractivity contribution < 1.29 is 24.2 Å². The molecule has 0 aliphatic heterocycles. The lowest BCUT2D eigenvalue weighted by molar-refractivity contribution is -0.137. The molecule has 1 aromatic carbocycles. The molecule has 1 amide bonds. The molecule has 0 saturated heterocycles. The van der Waals surface area contributed by atoms with Crippen LogP contribution in [0.1, 0.15) is 44.0 Å². The first-order valence-corrected chi connectivity index (χ1v) is 8.20. The van der Waals surface area contributed by atoms with Gasteiger partial charge in [-0.25, -0.2) is 0 Å². The Morgan fingerprint density at radius 1 is 1.25 bits per heavy atom. The Kier molecular flexibility index (Phi) is 8.09. The first-order chi connectivity index (χ1) is 11.4. The van der Waals surface area contributed by atoms with Crippen LogP contribution in [0.4, 0.5) is 0 Å². The average molecular weight is 337 g/mol. The first-order valence-electron chi connectivity index (χ1n) is 8.20. The van der Waals surface area contributed by atoms with Gasteiger partial charge in [0.1, 0.15) is 0 Å². The van der Waals surface area contributed by atoms with Crippen molar-refractivity contribution in [2.45, 2.75) is 33.6 Å². The van der Waals surface area contributed by atoms with Crippen LogP contribution in [-0.2, 0) is 4.79 Å².